The Morgan fingerprint density at radius 2 is 1.79 bits per heavy atom. The minimum atomic E-state index is -2.65. The number of halogens is 2. The summed E-state index contributed by atoms with van der Waals surface area (Å²) in [5, 5.41) is 12.0. The highest BCUT2D eigenvalue weighted by Crippen LogP contribution is 2.42. The summed E-state index contributed by atoms with van der Waals surface area (Å²) < 4.78 is 31.3. The number of alkyl carbamates (subject to hydrolysis) is 1. The summed E-state index contributed by atoms with van der Waals surface area (Å²) in [5.41, 5.74) is -1.26. The van der Waals surface area contributed by atoms with Gasteiger partial charge in [-0.15, -0.1) is 0 Å². The third-order valence-electron chi connectivity index (χ3n) is 3.38. The second-order valence-electron chi connectivity index (χ2n) is 6.37. The molecule has 0 spiro atoms. The quantitative estimate of drug-likeness (QED) is 0.835. The molecule has 2 N–H and O–H groups in total. The maximum absolute atomic E-state index is 13.1. The lowest BCUT2D eigenvalue weighted by atomic mass is 9.73. The van der Waals surface area contributed by atoms with E-state index in [0.717, 1.165) is 0 Å². The fraction of sp³-hybridized carbons (Fsp3) is 0.923. The molecule has 0 radical (unpaired) electrons. The Morgan fingerprint density at radius 3 is 2.21 bits per heavy atom. The van der Waals surface area contributed by atoms with Gasteiger partial charge in [0.15, 0.2) is 0 Å². The summed E-state index contributed by atoms with van der Waals surface area (Å²) in [6.45, 7) is 5.19. The minimum Gasteiger partial charge on any atom is -0.444 e. The summed E-state index contributed by atoms with van der Waals surface area (Å²) in [5.74, 6) is -2.65. The monoisotopic (exact) mass is 279 g/mol. The molecule has 4 nitrogen and oxygen atoms in total. The lowest BCUT2D eigenvalue weighted by Gasteiger charge is -2.38. The number of carbonyl (C=O) groups is 1. The van der Waals surface area contributed by atoms with Crippen LogP contribution in [0.4, 0.5) is 13.6 Å². The summed E-state index contributed by atoms with van der Waals surface area (Å²) in [6, 6.07) is 0. The molecule has 0 aromatic rings. The molecule has 1 aliphatic carbocycles. The Balaban J connectivity index is 2.48. The van der Waals surface area contributed by atoms with Gasteiger partial charge in [0.05, 0.1) is 6.61 Å². The van der Waals surface area contributed by atoms with E-state index in [4.69, 9.17) is 4.74 Å². The highest BCUT2D eigenvalue weighted by molar-refractivity contribution is 5.67. The van der Waals surface area contributed by atoms with Gasteiger partial charge in [-0.1, -0.05) is 0 Å². The molecule has 1 fully saturated rings. The van der Waals surface area contributed by atoms with Crippen molar-refractivity contribution in [1.82, 2.24) is 5.32 Å². The average molecular weight is 279 g/mol. The van der Waals surface area contributed by atoms with E-state index >= 15 is 0 Å². The molecule has 0 aromatic heterocycles. The van der Waals surface area contributed by atoms with E-state index in [1.807, 2.05) is 0 Å². The van der Waals surface area contributed by atoms with Gasteiger partial charge in [0.2, 0.25) is 5.92 Å². The zero-order valence-electron chi connectivity index (χ0n) is 11.8. The van der Waals surface area contributed by atoms with Crippen molar-refractivity contribution < 1.29 is 23.4 Å². The van der Waals surface area contributed by atoms with Crippen LogP contribution in [0.2, 0.25) is 0 Å². The lowest BCUT2D eigenvalue weighted by Crippen LogP contribution is -2.45. The predicted molar refractivity (Wildman–Crippen MR) is 67.2 cm³/mol. The number of alkyl halides is 2. The number of nitrogens with one attached hydrogen (secondary N) is 1. The highest BCUT2D eigenvalue weighted by Gasteiger charge is 2.43. The predicted octanol–water partition coefficient (Wildman–Crippen LogP) is 2.70. The van der Waals surface area contributed by atoms with Crippen molar-refractivity contribution >= 4 is 6.09 Å². The topological polar surface area (TPSA) is 58.6 Å². The highest BCUT2D eigenvalue weighted by atomic mass is 19.3. The number of aliphatic hydroxyl groups is 1. The van der Waals surface area contributed by atoms with E-state index in [-0.39, 0.29) is 38.8 Å². The molecular formula is C13H23F2NO3. The standard InChI is InChI=1S/C13H23F2NO3/c1-11(2,3)19-10(18)16-8-12(9-17)4-6-13(14,15)7-5-12/h17H,4-9H2,1-3H3,(H,16,18). The molecule has 0 saturated heterocycles. The molecule has 0 bridgehead atoms. The molecule has 1 aliphatic rings. The summed E-state index contributed by atoms with van der Waals surface area (Å²) in [7, 11) is 0. The molecule has 112 valence electrons. The second-order valence-corrected chi connectivity index (χ2v) is 6.37. The van der Waals surface area contributed by atoms with E-state index in [9.17, 15) is 18.7 Å². The smallest absolute Gasteiger partial charge is 0.407 e. The Labute approximate surface area is 112 Å². The van der Waals surface area contributed by atoms with Crippen LogP contribution in [-0.2, 0) is 4.74 Å². The summed E-state index contributed by atoms with van der Waals surface area (Å²) in [4.78, 5) is 11.5. The molecule has 1 amide bonds. The van der Waals surface area contributed by atoms with Crippen LogP contribution >= 0.6 is 0 Å². The van der Waals surface area contributed by atoms with Crippen molar-refractivity contribution in [1.29, 1.82) is 0 Å². The van der Waals surface area contributed by atoms with Crippen LogP contribution in [-0.4, -0.2) is 35.9 Å². The second kappa shape index (κ2) is 5.61. The Kier molecular flexibility index (Phi) is 4.76. The van der Waals surface area contributed by atoms with Crippen LogP contribution in [0, 0.1) is 5.41 Å². The van der Waals surface area contributed by atoms with Crippen LogP contribution in [0.1, 0.15) is 46.5 Å². The SMILES string of the molecule is CC(C)(C)OC(=O)NCC1(CO)CCC(F)(F)CC1. The number of hydrogen-bond donors (Lipinski definition) is 2. The molecule has 1 rings (SSSR count). The van der Waals surface area contributed by atoms with Crippen molar-refractivity contribution in [2.75, 3.05) is 13.2 Å². The maximum Gasteiger partial charge on any atom is 0.407 e. The van der Waals surface area contributed by atoms with Gasteiger partial charge in [-0.05, 0) is 33.6 Å². The van der Waals surface area contributed by atoms with Gasteiger partial charge in [0.1, 0.15) is 5.60 Å². The van der Waals surface area contributed by atoms with Gasteiger partial charge >= 0.3 is 6.09 Å². The van der Waals surface area contributed by atoms with Gasteiger partial charge in [-0.2, -0.15) is 0 Å². The molecule has 6 heteroatoms. The molecule has 19 heavy (non-hydrogen) atoms. The van der Waals surface area contributed by atoms with Crippen LogP contribution in [0.25, 0.3) is 0 Å². The van der Waals surface area contributed by atoms with Crippen LogP contribution < -0.4 is 5.32 Å². The van der Waals surface area contributed by atoms with E-state index in [1.54, 1.807) is 20.8 Å². The minimum absolute atomic E-state index is 0.161. The number of rotatable bonds is 3. The molecule has 1 saturated carbocycles. The first-order chi connectivity index (χ1) is 8.58. The maximum atomic E-state index is 13.1. The Morgan fingerprint density at radius 1 is 1.26 bits per heavy atom. The molecule has 0 heterocycles. The Hall–Kier alpha value is -0.910. The molecular weight excluding hydrogens is 256 g/mol. The first kappa shape index (κ1) is 16.1. The van der Waals surface area contributed by atoms with E-state index in [2.05, 4.69) is 5.32 Å². The molecule has 0 atom stereocenters. The van der Waals surface area contributed by atoms with Crippen LogP contribution in [0.15, 0.2) is 0 Å². The van der Waals surface area contributed by atoms with E-state index < -0.39 is 23.0 Å². The van der Waals surface area contributed by atoms with Crippen LogP contribution in [0.5, 0.6) is 0 Å². The van der Waals surface area contributed by atoms with Crippen LogP contribution in [0.3, 0.4) is 0 Å². The van der Waals surface area contributed by atoms with Crippen molar-refractivity contribution in [2.24, 2.45) is 5.41 Å². The molecule has 0 aromatic carbocycles. The zero-order chi connectivity index (χ0) is 14.7. The third kappa shape index (κ3) is 5.30. The van der Waals surface area contributed by atoms with Gasteiger partial charge in [0, 0.05) is 24.8 Å². The van der Waals surface area contributed by atoms with E-state index in [0.29, 0.717) is 0 Å². The number of ether oxygens (including phenoxy) is 1. The Bertz CT molecular complexity index is 316. The fourth-order valence-corrected chi connectivity index (χ4v) is 2.11. The van der Waals surface area contributed by atoms with Gasteiger partial charge in [-0.25, -0.2) is 13.6 Å². The van der Waals surface area contributed by atoms with Gasteiger partial charge < -0.3 is 15.2 Å². The molecule has 0 unspecified atom stereocenters. The molecule has 0 aliphatic heterocycles. The lowest BCUT2D eigenvalue weighted by molar-refractivity contribution is -0.0774. The van der Waals surface area contributed by atoms with Crippen molar-refractivity contribution in [3.63, 3.8) is 0 Å². The third-order valence-corrected chi connectivity index (χ3v) is 3.38. The number of amides is 1. The first-order valence-corrected chi connectivity index (χ1v) is 6.53. The zero-order valence-corrected chi connectivity index (χ0v) is 11.8. The number of hydrogen-bond acceptors (Lipinski definition) is 3. The summed E-state index contributed by atoms with van der Waals surface area (Å²) >= 11 is 0. The van der Waals surface area contributed by atoms with Crippen molar-refractivity contribution in [3.8, 4) is 0 Å². The van der Waals surface area contributed by atoms with Gasteiger partial charge in [-0.3, -0.25) is 0 Å². The number of carbonyl (C=O) groups excluding carboxylic acids is 1. The fourth-order valence-electron chi connectivity index (χ4n) is 2.11. The van der Waals surface area contributed by atoms with Crippen molar-refractivity contribution in [2.45, 2.75) is 58.0 Å². The number of aliphatic hydroxyl groups excluding tert-OH is 1. The van der Waals surface area contributed by atoms with E-state index in [1.165, 1.54) is 0 Å². The largest absolute Gasteiger partial charge is 0.444 e. The first-order valence-electron chi connectivity index (χ1n) is 6.53. The van der Waals surface area contributed by atoms with Crippen molar-refractivity contribution in [3.05, 3.63) is 0 Å². The average Bonchev–Trinajstić information content (AvgIpc) is 2.26. The normalized spacial score (nSPS) is 21.8. The van der Waals surface area contributed by atoms with Gasteiger partial charge in [0.25, 0.3) is 0 Å². The summed E-state index contributed by atoms with van der Waals surface area (Å²) in [6.07, 6.45) is -0.677.